The molecule has 2 rings (SSSR count). The summed E-state index contributed by atoms with van der Waals surface area (Å²) in [4.78, 5) is -0.244. The molecule has 0 heterocycles. The van der Waals surface area contributed by atoms with Crippen LogP contribution in [0.5, 0.6) is 17.2 Å². The largest absolute Gasteiger partial charge is 1.00 e. The van der Waals surface area contributed by atoms with Gasteiger partial charge in [-0.25, -0.2) is 0 Å². The molecule has 0 fully saturated rings. The van der Waals surface area contributed by atoms with Gasteiger partial charge < -0.3 is 9.84 Å². The van der Waals surface area contributed by atoms with Crippen LogP contribution in [0.1, 0.15) is 89.5 Å². The van der Waals surface area contributed by atoms with Gasteiger partial charge in [0.1, 0.15) is 16.4 Å². The van der Waals surface area contributed by atoms with Crippen molar-refractivity contribution in [3.05, 3.63) is 48.0 Å². The summed E-state index contributed by atoms with van der Waals surface area (Å²) >= 11 is 0. The molecule has 0 atom stereocenters. The maximum atomic E-state index is 12.4. The van der Waals surface area contributed by atoms with Gasteiger partial charge in [0, 0.05) is 5.56 Å². The molecule has 2 aromatic rings. The second-order valence-corrected chi connectivity index (χ2v) is 9.79. The second-order valence-electron chi connectivity index (χ2n) is 8.40. The Balaban J connectivity index is 0.00000544. The van der Waals surface area contributed by atoms with Gasteiger partial charge in [0.05, 0.1) is 0 Å². The number of rotatable bonds is 16. The van der Waals surface area contributed by atoms with Crippen LogP contribution in [0.15, 0.2) is 47.4 Å². The Morgan fingerprint density at radius 2 is 1.30 bits per heavy atom. The fourth-order valence-corrected chi connectivity index (χ4v) is 4.67. The first kappa shape index (κ1) is 30.0. The van der Waals surface area contributed by atoms with Gasteiger partial charge in [0.15, 0.2) is 0 Å². The van der Waals surface area contributed by atoms with Crippen molar-refractivity contribution < 1.29 is 52.4 Å². The molecule has 0 saturated carbocycles. The third-order valence-electron chi connectivity index (χ3n) is 5.70. The number of unbranched alkanes of at least 4 members (excludes halogenated alkanes) is 11. The standard InChI is InChI=1S/C26H38O5S.Na/c1-2-3-4-5-6-7-8-9-10-11-12-16-19-23-25(32(28,29)30)21-20-24(27)26(23)31-22-17-14-13-15-18-22;/h13-15,17-18,20-21,27H,2-12,16,19H2,1H3,(H,28,29,30);/q;+1/p-1. The molecule has 0 amide bonds. The van der Waals surface area contributed by atoms with Crippen LogP contribution in [-0.2, 0) is 16.5 Å². The van der Waals surface area contributed by atoms with E-state index in [9.17, 15) is 18.1 Å². The quantitative estimate of drug-likeness (QED) is 0.221. The van der Waals surface area contributed by atoms with Crippen molar-refractivity contribution in [1.82, 2.24) is 0 Å². The Bertz CT molecular complexity index is 900. The molecule has 0 aliphatic rings. The van der Waals surface area contributed by atoms with Crippen LogP contribution in [0.2, 0.25) is 0 Å². The van der Waals surface area contributed by atoms with Crippen molar-refractivity contribution in [2.24, 2.45) is 0 Å². The first-order valence-corrected chi connectivity index (χ1v) is 13.4. The Morgan fingerprint density at radius 1 is 0.788 bits per heavy atom. The summed E-state index contributed by atoms with van der Waals surface area (Å²) in [5.74, 6) is 0.0395. The van der Waals surface area contributed by atoms with E-state index in [-0.39, 0.29) is 45.8 Å². The molecule has 0 bridgehead atoms. The minimum atomic E-state index is -4.45. The Hall–Kier alpha value is -1.05. The van der Waals surface area contributed by atoms with Gasteiger partial charge in [-0.05, 0) is 31.0 Å². The van der Waals surface area contributed by atoms with Gasteiger partial charge in [0.2, 0.25) is 0 Å². The summed E-state index contributed by atoms with van der Waals surface area (Å²) in [6, 6.07) is 11.1. The average Bonchev–Trinajstić information content (AvgIpc) is 2.76. The zero-order chi connectivity index (χ0) is 23.2. The molecule has 33 heavy (non-hydrogen) atoms. The zero-order valence-electron chi connectivity index (χ0n) is 20.2. The van der Waals surface area contributed by atoms with E-state index in [0.29, 0.717) is 12.2 Å². The minimum absolute atomic E-state index is 0. The third kappa shape index (κ3) is 11.3. The molecule has 2 aromatic carbocycles. The molecule has 0 saturated heterocycles. The molecule has 5 nitrogen and oxygen atoms in total. The summed E-state index contributed by atoms with van der Waals surface area (Å²) in [5, 5.41) is 12.4. The van der Waals surface area contributed by atoms with E-state index in [2.05, 4.69) is 6.92 Å². The fraction of sp³-hybridized carbons (Fsp3) is 0.538. The third-order valence-corrected chi connectivity index (χ3v) is 6.64. The Morgan fingerprint density at radius 3 is 1.82 bits per heavy atom. The maximum absolute atomic E-state index is 12.4. The van der Waals surface area contributed by atoms with Gasteiger partial charge in [-0.1, -0.05) is 108 Å². The van der Waals surface area contributed by atoms with Crippen molar-refractivity contribution in [3.63, 3.8) is 0 Å². The molecule has 178 valence electrons. The van der Waals surface area contributed by atoms with Crippen LogP contribution >= 0.6 is 0 Å². The summed E-state index contributed by atoms with van der Waals surface area (Å²) < 4.78 is 39.2. The van der Waals surface area contributed by atoms with Crippen molar-refractivity contribution in [1.29, 1.82) is 0 Å². The molecule has 0 radical (unpaired) electrons. The van der Waals surface area contributed by atoms with Gasteiger partial charge in [-0.15, -0.1) is 0 Å². The van der Waals surface area contributed by atoms with Gasteiger partial charge in [-0.2, -0.15) is 8.42 Å². The molecule has 0 unspecified atom stereocenters. The number of hydrogen-bond donors (Lipinski definition) is 1. The first-order chi connectivity index (χ1) is 15.4. The fourth-order valence-electron chi connectivity index (χ4n) is 3.93. The van der Waals surface area contributed by atoms with Crippen molar-refractivity contribution >= 4 is 10.1 Å². The normalized spacial score (nSPS) is 11.2. The topological polar surface area (TPSA) is 86.7 Å². The molecule has 0 spiro atoms. The van der Waals surface area contributed by atoms with Crippen LogP contribution in [0.3, 0.4) is 0 Å². The van der Waals surface area contributed by atoms with E-state index in [4.69, 9.17) is 4.74 Å². The van der Waals surface area contributed by atoms with E-state index in [1.165, 1.54) is 57.4 Å². The number of para-hydroxylation sites is 1. The van der Waals surface area contributed by atoms with Crippen LogP contribution in [0.25, 0.3) is 0 Å². The van der Waals surface area contributed by atoms with Gasteiger partial charge in [0.25, 0.3) is 10.1 Å². The zero-order valence-corrected chi connectivity index (χ0v) is 23.0. The smallest absolute Gasteiger partial charge is 0.870 e. The van der Waals surface area contributed by atoms with E-state index in [1.807, 2.05) is 6.07 Å². The van der Waals surface area contributed by atoms with Gasteiger partial charge >= 0.3 is 29.6 Å². The summed E-state index contributed by atoms with van der Waals surface area (Å²) in [5.41, 5.74) is 0.260. The molecular formula is C26H37NaO5S. The summed E-state index contributed by atoms with van der Waals surface area (Å²) in [6.45, 7) is 2.23. The molecule has 0 aromatic heterocycles. The maximum Gasteiger partial charge on any atom is 1.00 e. The van der Waals surface area contributed by atoms with E-state index in [0.717, 1.165) is 31.7 Å². The van der Waals surface area contributed by atoms with Crippen LogP contribution < -0.4 is 39.4 Å². The van der Waals surface area contributed by atoms with Crippen molar-refractivity contribution in [2.45, 2.75) is 95.3 Å². The van der Waals surface area contributed by atoms with E-state index < -0.39 is 15.9 Å². The molecule has 0 aliphatic carbocycles. The molecule has 1 N–H and O–H groups in total. The predicted molar refractivity (Wildman–Crippen MR) is 127 cm³/mol. The van der Waals surface area contributed by atoms with E-state index >= 15 is 0 Å². The average molecular weight is 485 g/mol. The summed E-state index contributed by atoms with van der Waals surface area (Å²) in [6.07, 6.45) is 14.7. The molecule has 7 heteroatoms. The summed E-state index contributed by atoms with van der Waals surface area (Å²) in [7, 11) is -4.45. The monoisotopic (exact) mass is 484 g/mol. The second kappa shape index (κ2) is 16.6. The van der Waals surface area contributed by atoms with Crippen molar-refractivity contribution in [3.8, 4) is 17.2 Å². The number of benzene rings is 2. The van der Waals surface area contributed by atoms with E-state index in [1.54, 1.807) is 24.3 Å². The predicted octanol–water partition coefficient (Wildman–Crippen LogP) is 4.05. The first-order valence-electron chi connectivity index (χ1n) is 12.0. The van der Waals surface area contributed by atoms with Crippen molar-refractivity contribution in [2.75, 3.05) is 0 Å². The SMILES string of the molecule is CCCCCCCCCCCCCCc1c(S(=O)(=O)O)ccc([O-])c1Oc1ccccc1.[Na+]. The van der Waals surface area contributed by atoms with Crippen LogP contribution in [0, 0.1) is 0 Å². The van der Waals surface area contributed by atoms with Crippen LogP contribution in [0.4, 0.5) is 0 Å². The Labute approximate surface area is 222 Å². The number of hydrogen-bond acceptors (Lipinski definition) is 4. The minimum Gasteiger partial charge on any atom is -0.870 e. The Kier molecular flexibility index (Phi) is 15.0. The number of ether oxygens (including phenoxy) is 1. The molecule has 0 aliphatic heterocycles. The van der Waals surface area contributed by atoms with Gasteiger partial charge in [-0.3, -0.25) is 4.55 Å². The molecular weight excluding hydrogens is 447 g/mol. The van der Waals surface area contributed by atoms with Crippen LogP contribution in [-0.4, -0.2) is 13.0 Å².